The monoisotopic (exact) mass is 343 g/mol. The highest BCUT2D eigenvalue weighted by atomic mass is 19.1. The third kappa shape index (κ3) is 4.76. The van der Waals surface area contributed by atoms with Gasteiger partial charge in [0.15, 0.2) is 0 Å². The number of allylic oxidation sites excluding steroid dienone is 1. The van der Waals surface area contributed by atoms with Gasteiger partial charge in [0.1, 0.15) is 17.8 Å². The van der Waals surface area contributed by atoms with Gasteiger partial charge in [0.05, 0.1) is 11.4 Å². The zero-order valence-electron chi connectivity index (χ0n) is 14.5. The SMILES string of the molecule is C/C(=N\O/C(=C/c1nc(C)co1)C1CCNCC1)c1ccc(F)cc1. The molecule has 1 saturated heterocycles. The van der Waals surface area contributed by atoms with Crippen molar-refractivity contribution in [3.8, 4) is 0 Å². The Morgan fingerprint density at radius 1 is 1.32 bits per heavy atom. The zero-order valence-corrected chi connectivity index (χ0v) is 14.5. The number of aryl methyl sites for hydroxylation is 1. The normalized spacial score (nSPS) is 16.9. The van der Waals surface area contributed by atoms with Crippen molar-refractivity contribution in [1.29, 1.82) is 0 Å². The molecule has 0 saturated carbocycles. The quantitative estimate of drug-likeness (QED) is 0.508. The summed E-state index contributed by atoms with van der Waals surface area (Å²) in [4.78, 5) is 10.1. The fourth-order valence-corrected chi connectivity index (χ4v) is 2.75. The molecule has 0 aliphatic carbocycles. The Bertz CT molecular complexity index is 759. The molecule has 0 atom stereocenters. The molecule has 0 amide bonds. The van der Waals surface area contributed by atoms with Crippen molar-refractivity contribution in [2.45, 2.75) is 26.7 Å². The number of benzene rings is 1. The second kappa shape index (κ2) is 8.07. The highest BCUT2D eigenvalue weighted by Crippen LogP contribution is 2.25. The van der Waals surface area contributed by atoms with Crippen molar-refractivity contribution < 1.29 is 13.6 Å². The molecule has 0 unspecified atom stereocenters. The van der Waals surface area contributed by atoms with Gasteiger partial charge in [0.25, 0.3) is 0 Å². The van der Waals surface area contributed by atoms with Gasteiger partial charge in [-0.2, -0.15) is 0 Å². The fourth-order valence-electron chi connectivity index (χ4n) is 2.75. The van der Waals surface area contributed by atoms with Crippen LogP contribution < -0.4 is 5.32 Å². The van der Waals surface area contributed by atoms with Gasteiger partial charge in [-0.05, 0) is 57.5 Å². The second-order valence-corrected chi connectivity index (χ2v) is 6.17. The minimum Gasteiger partial charge on any atom is -0.445 e. The van der Waals surface area contributed by atoms with E-state index in [-0.39, 0.29) is 11.7 Å². The molecule has 1 aliphatic rings. The Morgan fingerprint density at radius 2 is 2.04 bits per heavy atom. The lowest BCUT2D eigenvalue weighted by Crippen LogP contribution is -2.29. The fraction of sp³-hybridized carbons (Fsp3) is 0.368. The second-order valence-electron chi connectivity index (χ2n) is 6.17. The van der Waals surface area contributed by atoms with Gasteiger partial charge >= 0.3 is 0 Å². The maximum atomic E-state index is 13.0. The number of nitrogens with zero attached hydrogens (tertiary/aromatic N) is 2. The topological polar surface area (TPSA) is 59.7 Å². The van der Waals surface area contributed by atoms with E-state index in [2.05, 4.69) is 15.5 Å². The van der Waals surface area contributed by atoms with Gasteiger partial charge in [-0.25, -0.2) is 9.37 Å². The molecule has 1 aliphatic heterocycles. The Labute approximate surface area is 146 Å². The number of nitrogens with one attached hydrogen (secondary N) is 1. The molecule has 3 rings (SSSR count). The summed E-state index contributed by atoms with van der Waals surface area (Å²) < 4.78 is 18.5. The number of halogens is 1. The molecular weight excluding hydrogens is 321 g/mol. The highest BCUT2D eigenvalue weighted by Gasteiger charge is 2.20. The molecule has 1 aromatic carbocycles. The van der Waals surface area contributed by atoms with Crippen LogP contribution >= 0.6 is 0 Å². The van der Waals surface area contributed by atoms with Crippen LogP contribution in [0.3, 0.4) is 0 Å². The molecule has 1 aromatic heterocycles. The van der Waals surface area contributed by atoms with Gasteiger partial charge in [-0.15, -0.1) is 0 Å². The Kier molecular flexibility index (Phi) is 5.60. The van der Waals surface area contributed by atoms with E-state index in [1.807, 2.05) is 19.9 Å². The van der Waals surface area contributed by atoms with Crippen molar-refractivity contribution in [3.05, 3.63) is 59.3 Å². The number of piperidine rings is 1. The van der Waals surface area contributed by atoms with Crippen molar-refractivity contribution in [2.75, 3.05) is 13.1 Å². The molecule has 2 heterocycles. The summed E-state index contributed by atoms with van der Waals surface area (Å²) in [7, 11) is 0. The first-order valence-electron chi connectivity index (χ1n) is 8.44. The van der Waals surface area contributed by atoms with Crippen molar-refractivity contribution in [2.24, 2.45) is 11.1 Å². The number of aromatic nitrogens is 1. The summed E-state index contributed by atoms with van der Waals surface area (Å²) >= 11 is 0. The van der Waals surface area contributed by atoms with Crippen LogP contribution in [0.2, 0.25) is 0 Å². The average Bonchev–Trinajstić information content (AvgIpc) is 3.04. The molecule has 1 N–H and O–H groups in total. The Hall–Kier alpha value is -2.47. The summed E-state index contributed by atoms with van der Waals surface area (Å²) in [6.45, 7) is 5.60. The van der Waals surface area contributed by atoms with Crippen molar-refractivity contribution in [3.63, 3.8) is 0 Å². The van der Waals surface area contributed by atoms with E-state index in [0.29, 0.717) is 11.6 Å². The number of oxazole rings is 1. The van der Waals surface area contributed by atoms with Crippen molar-refractivity contribution in [1.82, 2.24) is 10.3 Å². The van der Waals surface area contributed by atoms with E-state index in [1.54, 1.807) is 18.4 Å². The van der Waals surface area contributed by atoms with Crippen LogP contribution in [-0.4, -0.2) is 23.8 Å². The number of hydrogen-bond acceptors (Lipinski definition) is 5. The van der Waals surface area contributed by atoms with Crippen LogP contribution in [0.1, 0.15) is 36.9 Å². The zero-order chi connectivity index (χ0) is 17.6. The number of oxime groups is 1. The molecule has 25 heavy (non-hydrogen) atoms. The van der Waals surface area contributed by atoms with E-state index >= 15 is 0 Å². The van der Waals surface area contributed by atoms with Gasteiger partial charge in [0, 0.05) is 12.0 Å². The minimum atomic E-state index is -0.271. The lowest BCUT2D eigenvalue weighted by atomic mass is 9.96. The smallest absolute Gasteiger partial charge is 0.222 e. The first-order valence-corrected chi connectivity index (χ1v) is 8.44. The van der Waals surface area contributed by atoms with Crippen LogP contribution in [0.15, 0.2) is 45.9 Å². The van der Waals surface area contributed by atoms with Gasteiger partial charge < -0.3 is 14.6 Å². The first kappa shape index (κ1) is 17.4. The highest BCUT2D eigenvalue weighted by molar-refractivity contribution is 5.98. The van der Waals surface area contributed by atoms with Gasteiger partial charge in [0.2, 0.25) is 5.89 Å². The standard InChI is InChI=1S/C19H22FN3O2/c1-13-12-24-19(22-13)11-18(16-7-9-21-10-8-16)25-23-14(2)15-3-5-17(20)6-4-15/h3-6,11-12,16,21H,7-10H2,1-2H3/b18-11+,23-14+. The molecule has 0 radical (unpaired) electrons. The first-order chi connectivity index (χ1) is 12.1. The molecule has 0 bridgehead atoms. The van der Waals surface area contributed by atoms with E-state index in [1.165, 1.54) is 12.1 Å². The lowest BCUT2D eigenvalue weighted by molar-refractivity contribution is 0.176. The summed E-state index contributed by atoms with van der Waals surface area (Å²) in [6.07, 6.45) is 5.36. The van der Waals surface area contributed by atoms with Crippen LogP contribution in [0.4, 0.5) is 4.39 Å². The van der Waals surface area contributed by atoms with E-state index < -0.39 is 0 Å². The summed E-state index contributed by atoms with van der Waals surface area (Å²) in [5.74, 6) is 1.25. The molecule has 6 heteroatoms. The van der Waals surface area contributed by atoms with Crippen molar-refractivity contribution >= 4 is 11.8 Å². The average molecular weight is 343 g/mol. The third-order valence-corrected chi connectivity index (χ3v) is 4.19. The van der Waals surface area contributed by atoms with Gasteiger partial charge in [-0.3, -0.25) is 0 Å². The molecule has 1 fully saturated rings. The lowest BCUT2D eigenvalue weighted by Gasteiger charge is -2.23. The van der Waals surface area contributed by atoms with Gasteiger partial charge in [-0.1, -0.05) is 17.3 Å². The predicted octanol–water partition coefficient (Wildman–Crippen LogP) is 3.90. The predicted molar refractivity (Wildman–Crippen MR) is 94.5 cm³/mol. The van der Waals surface area contributed by atoms with E-state index in [9.17, 15) is 4.39 Å². The summed E-state index contributed by atoms with van der Waals surface area (Å²) in [5.41, 5.74) is 2.32. The summed E-state index contributed by atoms with van der Waals surface area (Å²) in [5, 5.41) is 7.58. The maximum absolute atomic E-state index is 13.0. The van der Waals surface area contributed by atoms with Crippen LogP contribution in [0.5, 0.6) is 0 Å². The third-order valence-electron chi connectivity index (χ3n) is 4.19. The molecule has 2 aromatic rings. The Morgan fingerprint density at radius 3 is 2.68 bits per heavy atom. The largest absolute Gasteiger partial charge is 0.445 e. The van der Waals surface area contributed by atoms with Crippen LogP contribution in [0.25, 0.3) is 6.08 Å². The molecule has 0 spiro atoms. The molecule has 5 nitrogen and oxygen atoms in total. The number of rotatable bonds is 5. The maximum Gasteiger partial charge on any atom is 0.222 e. The van der Waals surface area contributed by atoms with Crippen LogP contribution in [0, 0.1) is 18.7 Å². The molecule has 132 valence electrons. The number of hydrogen-bond donors (Lipinski definition) is 1. The van der Waals surface area contributed by atoms with E-state index in [4.69, 9.17) is 9.25 Å². The van der Waals surface area contributed by atoms with Crippen LogP contribution in [-0.2, 0) is 4.84 Å². The van der Waals surface area contributed by atoms with E-state index in [0.717, 1.165) is 42.9 Å². The Balaban J connectivity index is 1.80. The molecular formula is C19H22FN3O2. The summed E-state index contributed by atoms with van der Waals surface area (Å²) in [6, 6.07) is 6.19. The minimum absolute atomic E-state index is 0.262.